The summed E-state index contributed by atoms with van der Waals surface area (Å²) >= 11 is 5.10. The molecule has 2 rings (SSSR count). The molecule has 1 atom stereocenters. The number of amides is 2. The van der Waals surface area contributed by atoms with Crippen LogP contribution in [0.15, 0.2) is 60.7 Å². The zero-order valence-corrected chi connectivity index (χ0v) is 19.6. The number of nitrogens with one attached hydrogen (secondary N) is 4. The quantitative estimate of drug-likeness (QED) is 0.216. The van der Waals surface area contributed by atoms with Crippen molar-refractivity contribution in [1.29, 1.82) is 0 Å². The van der Waals surface area contributed by atoms with Crippen molar-refractivity contribution in [2.75, 3.05) is 18.4 Å². The molecule has 0 saturated carbocycles. The van der Waals surface area contributed by atoms with Gasteiger partial charge >= 0.3 is 12.1 Å². The number of benzene rings is 2. The molecule has 0 spiro atoms. The molecule has 0 radical (unpaired) electrons. The minimum atomic E-state index is -0.898. The van der Waals surface area contributed by atoms with Gasteiger partial charge in [0.1, 0.15) is 12.6 Å². The third-order valence-corrected chi connectivity index (χ3v) is 4.98. The molecule has 9 nitrogen and oxygen atoms in total. The van der Waals surface area contributed by atoms with Gasteiger partial charge in [-0.25, -0.2) is 4.79 Å². The largest absolute Gasteiger partial charge is 0.481 e. The molecule has 5 N–H and O–H groups in total. The summed E-state index contributed by atoms with van der Waals surface area (Å²) in [5.41, 5.74) is 1.48. The molecule has 10 heteroatoms. The maximum atomic E-state index is 12.8. The van der Waals surface area contributed by atoms with Crippen LogP contribution in [0.5, 0.6) is 0 Å². The number of alkyl carbamates (subject to hydrolysis) is 1. The summed E-state index contributed by atoms with van der Waals surface area (Å²) in [6, 6.07) is 17.5. The highest BCUT2D eigenvalue weighted by Gasteiger charge is 2.21. The van der Waals surface area contributed by atoms with Gasteiger partial charge in [0, 0.05) is 18.8 Å². The average molecular weight is 487 g/mol. The molecule has 0 unspecified atom stereocenters. The molecular formula is C24H30N4O5S. The molecule has 0 aliphatic heterocycles. The topological polar surface area (TPSA) is 129 Å². The first-order valence-electron chi connectivity index (χ1n) is 11.0. The smallest absolute Gasteiger partial charge is 0.408 e. The summed E-state index contributed by atoms with van der Waals surface area (Å²) in [7, 11) is 0. The summed E-state index contributed by atoms with van der Waals surface area (Å²) in [5.74, 6) is -1.23. The number of rotatable bonds is 13. The monoisotopic (exact) mass is 486 g/mol. The molecule has 0 bridgehead atoms. The van der Waals surface area contributed by atoms with Crippen molar-refractivity contribution in [2.24, 2.45) is 0 Å². The maximum absolute atomic E-state index is 12.8. The lowest BCUT2D eigenvalue weighted by Crippen LogP contribution is -2.44. The van der Waals surface area contributed by atoms with Gasteiger partial charge in [0.2, 0.25) is 5.91 Å². The third-order valence-electron chi connectivity index (χ3n) is 4.69. The van der Waals surface area contributed by atoms with Gasteiger partial charge in [-0.1, -0.05) is 48.5 Å². The highest BCUT2D eigenvalue weighted by molar-refractivity contribution is 7.80. The zero-order valence-electron chi connectivity index (χ0n) is 18.8. The van der Waals surface area contributed by atoms with Gasteiger partial charge < -0.3 is 31.1 Å². The van der Waals surface area contributed by atoms with E-state index < -0.39 is 18.1 Å². The third kappa shape index (κ3) is 11.3. The Balaban J connectivity index is 1.80. The fourth-order valence-electron chi connectivity index (χ4n) is 2.95. The number of hydrogen-bond donors (Lipinski definition) is 5. The molecule has 2 amide bonds. The fourth-order valence-corrected chi connectivity index (χ4v) is 3.15. The second-order valence-corrected chi connectivity index (χ2v) is 7.84. The van der Waals surface area contributed by atoms with Crippen LogP contribution in [0.1, 0.15) is 31.2 Å². The number of carboxylic acids is 1. The van der Waals surface area contributed by atoms with E-state index in [1.54, 1.807) is 12.1 Å². The Morgan fingerprint density at radius 3 is 2.24 bits per heavy atom. The van der Waals surface area contributed by atoms with E-state index >= 15 is 0 Å². The summed E-state index contributed by atoms with van der Waals surface area (Å²) in [4.78, 5) is 35.6. The van der Waals surface area contributed by atoms with Gasteiger partial charge in [-0.15, -0.1) is 0 Å². The van der Waals surface area contributed by atoms with Crippen LogP contribution in [0.2, 0.25) is 0 Å². The minimum Gasteiger partial charge on any atom is -0.481 e. The molecule has 0 saturated heterocycles. The van der Waals surface area contributed by atoms with Crippen LogP contribution in [-0.4, -0.2) is 47.3 Å². The number of para-hydroxylation sites is 1. The lowest BCUT2D eigenvalue weighted by atomic mass is 10.1. The highest BCUT2D eigenvalue weighted by atomic mass is 32.1. The Bertz CT molecular complexity index is 927. The molecular weight excluding hydrogens is 456 g/mol. The zero-order chi connectivity index (χ0) is 24.6. The summed E-state index contributed by atoms with van der Waals surface area (Å²) in [5, 5.41) is 20.3. The van der Waals surface area contributed by atoms with Gasteiger partial charge in [-0.2, -0.15) is 0 Å². The van der Waals surface area contributed by atoms with Crippen LogP contribution in [0.4, 0.5) is 10.5 Å². The van der Waals surface area contributed by atoms with Gasteiger partial charge in [0.15, 0.2) is 5.11 Å². The van der Waals surface area contributed by atoms with Crippen molar-refractivity contribution < 1.29 is 24.2 Å². The number of carboxylic acid groups (broad SMARTS) is 1. The van der Waals surface area contributed by atoms with E-state index in [9.17, 15) is 14.4 Å². The van der Waals surface area contributed by atoms with Gasteiger partial charge in [-0.3, -0.25) is 9.59 Å². The Kier molecular flexibility index (Phi) is 11.9. The second-order valence-electron chi connectivity index (χ2n) is 7.44. The number of aliphatic carboxylic acids is 1. The van der Waals surface area contributed by atoms with Crippen LogP contribution < -0.4 is 21.3 Å². The van der Waals surface area contributed by atoms with Crippen molar-refractivity contribution in [2.45, 2.75) is 38.3 Å². The van der Waals surface area contributed by atoms with Crippen molar-refractivity contribution in [3.63, 3.8) is 0 Å². The Morgan fingerprint density at radius 1 is 0.912 bits per heavy atom. The maximum Gasteiger partial charge on any atom is 0.408 e. The van der Waals surface area contributed by atoms with Crippen molar-refractivity contribution in [1.82, 2.24) is 16.0 Å². The van der Waals surface area contributed by atoms with E-state index in [4.69, 9.17) is 22.1 Å². The van der Waals surface area contributed by atoms with Crippen LogP contribution in [-0.2, 0) is 20.9 Å². The van der Waals surface area contributed by atoms with Crippen molar-refractivity contribution in [3.8, 4) is 0 Å². The number of anilines is 1. The molecule has 182 valence electrons. The van der Waals surface area contributed by atoms with Crippen molar-refractivity contribution in [3.05, 3.63) is 66.2 Å². The number of hydrogen-bond acceptors (Lipinski definition) is 5. The molecule has 0 aliphatic carbocycles. The lowest BCUT2D eigenvalue weighted by Gasteiger charge is -2.19. The molecule has 2 aromatic carbocycles. The van der Waals surface area contributed by atoms with E-state index in [1.165, 1.54) is 0 Å². The van der Waals surface area contributed by atoms with E-state index in [1.807, 2.05) is 48.5 Å². The first-order valence-corrected chi connectivity index (χ1v) is 11.4. The predicted molar refractivity (Wildman–Crippen MR) is 133 cm³/mol. The average Bonchev–Trinajstić information content (AvgIpc) is 2.83. The summed E-state index contributed by atoms with van der Waals surface area (Å²) in [6.45, 7) is 0.901. The predicted octanol–water partition coefficient (Wildman–Crippen LogP) is 3.03. The standard InChI is InChI=1S/C24H30N4O5S/c29-21(30)14-16-26-23(34)25-15-8-7-13-20(22(31)27-19-11-5-2-6-12-19)28-24(32)33-17-18-9-3-1-4-10-18/h1-6,9-12,20H,7-8,13-17H2,(H,27,31)(H,28,32)(H,29,30)(H2,25,26,34)/t20-/m0/s1. The molecule has 0 aromatic heterocycles. The minimum absolute atomic E-state index is 0.0218. The highest BCUT2D eigenvalue weighted by Crippen LogP contribution is 2.09. The fraction of sp³-hybridized carbons (Fsp3) is 0.333. The Labute approximate surface area is 204 Å². The van der Waals surface area contributed by atoms with Crippen LogP contribution in [0.3, 0.4) is 0 Å². The van der Waals surface area contributed by atoms with E-state index in [0.29, 0.717) is 36.6 Å². The van der Waals surface area contributed by atoms with Crippen molar-refractivity contribution >= 4 is 41.0 Å². The first kappa shape index (κ1) is 26.6. The second kappa shape index (κ2) is 15.2. The van der Waals surface area contributed by atoms with E-state index in [2.05, 4.69) is 21.3 Å². The first-order chi connectivity index (χ1) is 16.4. The van der Waals surface area contributed by atoms with E-state index in [0.717, 1.165) is 5.56 Å². The van der Waals surface area contributed by atoms with Crippen LogP contribution in [0.25, 0.3) is 0 Å². The molecule has 34 heavy (non-hydrogen) atoms. The molecule has 0 heterocycles. The normalized spacial score (nSPS) is 11.1. The molecule has 2 aromatic rings. The Hall–Kier alpha value is -3.66. The van der Waals surface area contributed by atoms with E-state index in [-0.39, 0.29) is 25.5 Å². The molecule has 0 fully saturated rings. The van der Waals surface area contributed by atoms with Gasteiger partial charge in [0.05, 0.1) is 6.42 Å². The molecule has 0 aliphatic rings. The summed E-state index contributed by atoms with van der Waals surface area (Å²) in [6.07, 6.45) is 1.04. The van der Waals surface area contributed by atoms with Crippen LogP contribution >= 0.6 is 12.2 Å². The number of carbonyl (C=O) groups excluding carboxylic acids is 2. The summed E-state index contributed by atoms with van der Waals surface area (Å²) < 4.78 is 5.26. The van der Waals surface area contributed by atoms with Crippen LogP contribution in [0, 0.1) is 0 Å². The van der Waals surface area contributed by atoms with Gasteiger partial charge in [0.25, 0.3) is 0 Å². The number of carbonyl (C=O) groups is 3. The number of thiocarbonyl (C=S) groups is 1. The Morgan fingerprint density at radius 2 is 1.56 bits per heavy atom. The lowest BCUT2D eigenvalue weighted by molar-refractivity contribution is -0.136. The number of unbranched alkanes of at least 4 members (excludes halogenated alkanes) is 1. The van der Waals surface area contributed by atoms with Gasteiger partial charge in [-0.05, 0) is 49.2 Å². The SMILES string of the molecule is O=C(O)CCNC(=S)NCCCC[C@H](NC(=O)OCc1ccccc1)C(=O)Nc1ccccc1. The number of ether oxygens (including phenoxy) is 1.